The summed E-state index contributed by atoms with van der Waals surface area (Å²) in [5.41, 5.74) is 1.53. The van der Waals surface area contributed by atoms with Crippen LogP contribution in [0, 0.1) is 0 Å². The Morgan fingerprint density at radius 2 is 1.75 bits per heavy atom. The first kappa shape index (κ1) is 22.5. The second-order valence-electron chi connectivity index (χ2n) is 7.52. The van der Waals surface area contributed by atoms with Crippen LogP contribution in [-0.2, 0) is 21.1 Å². The molecular formula is C22H24N2O6S2. The molecular weight excluding hydrogens is 452 g/mol. The summed E-state index contributed by atoms with van der Waals surface area (Å²) in [5, 5.41) is 0.361. The zero-order valence-electron chi connectivity index (χ0n) is 18.0. The standard InChI is InChI=1S/C22H24N2O6S2/c1-28-16-7-5-15(6-8-16)24-17-12-32(26,27)13-20(17)31-22(24)23-21(25)11-14-4-9-18(29-2)19(10-14)30-3/h4-10,17,20H,11-13H2,1-3H3/t17-,20-/m0/s1. The average molecular weight is 477 g/mol. The molecule has 2 aromatic carbocycles. The minimum absolute atomic E-state index is 0.0413. The fraction of sp³-hybridized carbons (Fsp3) is 0.364. The van der Waals surface area contributed by atoms with E-state index < -0.39 is 9.84 Å². The van der Waals surface area contributed by atoms with Gasteiger partial charge >= 0.3 is 0 Å². The number of rotatable bonds is 6. The van der Waals surface area contributed by atoms with Gasteiger partial charge in [-0.3, -0.25) is 4.79 Å². The third-order valence-corrected chi connectivity index (χ3v) is 8.65. The van der Waals surface area contributed by atoms with Gasteiger partial charge < -0.3 is 19.1 Å². The smallest absolute Gasteiger partial charge is 0.252 e. The molecule has 8 nitrogen and oxygen atoms in total. The van der Waals surface area contributed by atoms with Crippen molar-refractivity contribution in [3.63, 3.8) is 0 Å². The maximum atomic E-state index is 12.8. The number of sulfone groups is 1. The highest BCUT2D eigenvalue weighted by atomic mass is 32.2. The molecule has 4 rings (SSSR count). The van der Waals surface area contributed by atoms with Gasteiger partial charge in [-0.05, 0) is 42.0 Å². The van der Waals surface area contributed by atoms with Crippen LogP contribution in [0.15, 0.2) is 47.5 Å². The first-order valence-electron chi connectivity index (χ1n) is 9.96. The fourth-order valence-corrected chi connectivity index (χ4v) is 7.85. The van der Waals surface area contributed by atoms with E-state index in [2.05, 4.69) is 4.99 Å². The summed E-state index contributed by atoms with van der Waals surface area (Å²) in [6.45, 7) is 0. The van der Waals surface area contributed by atoms with Crippen molar-refractivity contribution in [3.05, 3.63) is 48.0 Å². The van der Waals surface area contributed by atoms with Crippen molar-refractivity contribution in [2.45, 2.75) is 17.7 Å². The van der Waals surface area contributed by atoms with Crippen molar-refractivity contribution in [3.8, 4) is 17.2 Å². The van der Waals surface area contributed by atoms with Crippen molar-refractivity contribution in [2.75, 3.05) is 37.7 Å². The number of hydrogen-bond donors (Lipinski definition) is 0. The van der Waals surface area contributed by atoms with Gasteiger partial charge in [-0.15, -0.1) is 0 Å². The second kappa shape index (κ2) is 9.03. The Balaban J connectivity index is 1.61. The molecule has 0 aliphatic carbocycles. The number of amides is 1. The lowest BCUT2D eigenvalue weighted by Gasteiger charge is -2.24. The highest BCUT2D eigenvalue weighted by Crippen LogP contribution is 2.41. The molecule has 0 unspecified atom stereocenters. The van der Waals surface area contributed by atoms with Crippen LogP contribution in [0.5, 0.6) is 17.2 Å². The Kier molecular flexibility index (Phi) is 6.34. The minimum atomic E-state index is -3.13. The van der Waals surface area contributed by atoms with Gasteiger partial charge in [0.05, 0.1) is 45.3 Å². The molecule has 2 aromatic rings. The van der Waals surface area contributed by atoms with E-state index in [-0.39, 0.29) is 35.1 Å². The Hall–Kier alpha value is -2.72. The minimum Gasteiger partial charge on any atom is -0.497 e. The molecule has 0 spiro atoms. The van der Waals surface area contributed by atoms with Gasteiger partial charge in [0, 0.05) is 10.9 Å². The molecule has 0 N–H and O–H groups in total. The number of aliphatic imine (C=N–C) groups is 1. The highest BCUT2D eigenvalue weighted by Gasteiger charge is 2.49. The van der Waals surface area contributed by atoms with Crippen molar-refractivity contribution >= 4 is 38.4 Å². The molecule has 0 bridgehead atoms. The number of hydrogen-bond acceptors (Lipinski definition) is 7. The van der Waals surface area contributed by atoms with E-state index >= 15 is 0 Å². The lowest BCUT2D eigenvalue weighted by molar-refractivity contribution is -0.117. The van der Waals surface area contributed by atoms with Crippen LogP contribution in [0.2, 0.25) is 0 Å². The molecule has 32 heavy (non-hydrogen) atoms. The zero-order chi connectivity index (χ0) is 22.9. The van der Waals surface area contributed by atoms with Crippen LogP contribution in [0.3, 0.4) is 0 Å². The molecule has 0 radical (unpaired) electrons. The number of methoxy groups -OCH3 is 3. The number of anilines is 1. The van der Waals surface area contributed by atoms with Crippen molar-refractivity contribution in [1.29, 1.82) is 0 Å². The molecule has 170 valence electrons. The summed E-state index contributed by atoms with van der Waals surface area (Å²) in [7, 11) is 1.55. The van der Waals surface area contributed by atoms with Gasteiger partial charge in [-0.2, -0.15) is 4.99 Å². The van der Waals surface area contributed by atoms with Crippen LogP contribution >= 0.6 is 11.8 Å². The van der Waals surface area contributed by atoms with Gasteiger partial charge in [-0.25, -0.2) is 8.42 Å². The number of carbonyl (C=O) groups is 1. The van der Waals surface area contributed by atoms with E-state index in [1.807, 2.05) is 17.0 Å². The third-order valence-electron chi connectivity index (χ3n) is 5.44. The average Bonchev–Trinajstić information content (AvgIpc) is 3.24. The molecule has 2 aliphatic heterocycles. The molecule has 1 amide bonds. The van der Waals surface area contributed by atoms with E-state index in [0.29, 0.717) is 22.4 Å². The molecule has 2 fully saturated rings. The van der Waals surface area contributed by atoms with Crippen molar-refractivity contribution in [1.82, 2.24) is 0 Å². The molecule has 0 saturated carbocycles. The Morgan fingerprint density at radius 1 is 1.03 bits per heavy atom. The summed E-state index contributed by atoms with van der Waals surface area (Å²) in [4.78, 5) is 19.0. The van der Waals surface area contributed by atoms with Gasteiger partial charge in [0.15, 0.2) is 26.5 Å². The number of thioether (sulfide) groups is 1. The molecule has 10 heteroatoms. The lowest BCUT2D eigenvalue weighted by Crippen LogP contribution is -2.37. The van der Waals surface area contributed by atoms with Crippen LogP contribution in [0.4, 0.5) is 5.69 Å². The van der Waals surface area contributed by atoms with E-state index in [0.717, 1.165) is 11.3 Å². The van der Waals surface area contributed by atoms with Crippen LogP contribution in [0.25, 0.3) is 0 Å². The van der Waals surface area contributed by atoms with Crippen LogP contribution < -0.4 is 19.1 Å². The quantitative estimate of drug-likeness (QED) is 0.628. The number of nitrogens with zero attached hydrogens (tertiary/aromatic N) is 2. The number of carbonyl (C=O) groups excluding carboxylic acids is 1. The number of amidine groups is 1. The van der Waals surface area contributed by atoms with Crippen LogP contribution in [0.1, 0.15) is 5.56 Å². The van der Waals surface area contributed by atoms with Gasteiger partial charge in [0.2, 0.25) is 0 Å². The number of ether oxygens (including phenoxy) is 3. The highest BCUT2D eigenvalue weighted by molar-refractivity contribution is 8.16. The van der Waals surface area contributed by atoms with Gasteiger partial charge in [0.1, 0.15) is 5.75 Å². The largest absolute Gasteiger partial charge is 0.497 e. The van der Waals surface area contributed by atoms with Crippen molar-refractivity contribution < 1.29 is 27.4 Å². The van der Waals surface area contributed by atoms with E-state index in [9.17, 15) is 13.2 Å². The van der Waals surface area contributed by atoms with Gasteiger partial charge in [-0.1, -0.05) is 17.8 Å². The Morgan fingerprint density at radius 3 is 2.41 bits per heavy atom. The summed E-state index contributed by atoms with van der Waals surface area (Å²) in [6.07, 6.45) is 0.0918. The summed E-state index contributed by atoms with van der Waals surface area (Å²) >= 11 is 1.35. The molecule has 2 atom stereocenters. The predicted octanol–water partition coefficient (Wildman–Crippen LogP) is 2.56. The molecule has 2 heterocycles. The zero-order valence-corrected chi connectivity index (χ0v) is 19.6. The van der Waals surface area contributed by atoms with E-state index in [1.165, 1.54) is 11.8 Å². The normalized spacial score (nSPS) is 22.6. The topological polar surface area (TPSA) is 94.5 Å². The Bertz CT molecular complexity index is 1150. The maximum Gasteiger partial charge on any atom is 0.252 e. The first-order valence-corrected chi connectivity index (χ1v) is 12.7. The molecule has 2 saturated heterocycles. The van der Waals surface area contributed by atoms with Crippen molar-refractivity contribution in [2.24, 2.45) is 4.99 Å². The third kappa shape index (κ3) is 4.56. The lowest BCUT2D eigenvalue weighted by atomic mass is 10.1. The second-order valence-corrected chi connectivity index (χ2v) is 10.9. The SMILES string of the molecule is COc1ccc(N2C(=NC(=O)Cc3ccc(OC)c(OC)c3)S[C@H]3CS(=O)(=O)C[C@@H]32)cc1. The summed E-state index contributed by atoms with van der Waals surface area (Å²) in [6, 6.07) is 12.3. The Labute approximate surface area is 191 Å². The van der Waals surface area contributed by atoms with Gasteiger partial charge in [0.25, 0.3) is 5.91 Å². The predicted molar refractivity (Wildman–Crippen MR) is 125 cm³/mol. The summed E-state index contributed by atoms with van der Waals surface area (Å²) < 4.78 is 40.2. The van der Waals surface area contributed by atoms with E-state index in [1.54, 1.807) is 51.7 Å². The first-order chi connectivity index (χ1) is 15.3. The number of fused-ring (bicyclic) bond motifs is 1. The van der Waals surface area contributed by atoms with Crippen LogP contribution in [-0.4, -0.2) is 63.6 Å². The number of benzene rings is 2. The molecule has 0 aromatic heterocycles. The molecule has 2 aliphatic rings. The fourth-order valence-electron chi connectivity index (χ4n) is 3.92. The maximum absolute atomic E-state index is 12.8. The summed E-state index contributed by atoms with van der Waals surface area (Å²) in [5.74, 6) is 1.62. The van der Waals surface area contributed by atoms with E-state index in [4.69, 9.17) is 14.2 Å². The monoisotopic (exact) mass is 476 g/mol.